The summed E-state index contributed by atoms with van der Waals surface area (Å²) in [7, 11) is 0. The smallest absolute Gasteiger partial charge is 0.236 e. The van der Waals surface area contributed by atoms with Crippen molar-refractivity contribution in [3.63, 3.8) is 0 Å². The molecule has 10 heavy (non-hydrogen) atoms. The highest BCUT2D eigenvalue weighted by Gasteiger charge is 2.41. The normalized spacial score (nSPS) is 9.90. The molecule has 0 spiro atoms. The number of carbonyl (C=O) groups excluding carboxylic acids is 1. The van der Waals surface area contributed by atoms with Crippen LogP contribution >= 0.6 is 0 Å². The molecule has 0 fully saturated rings. The van der Waals surface area contributed by atoms with Crippen LogP contribution in [0.4, 0.5) is 13.2 Å². The molecule has 8 heteroatoms. The van der Waals surface area contributed by atoms with Crippen LogP contribution in [0.25, 0.3) is 10.4 Å². The van der Waals surface area contributed by atoms with E-state index in [1.165, 1.54) is 0 Å². The SMILES string of the molecule is [N-]=[N+]=NNC(=O)C(F)(F)F. The molecule has 56 valence electrons. The van der Waals surface area contributed by atoms with E-state index in [1.54, 1.807) is 0 Å². The minimum Gasteiger partial charge on any atom is -0.236 e. The molecule has 0 aromatic carbocycles. The number of alkyl halides is 3. The van der Waals surface area contributed by atoms with E-state index in [4.69, 9.17) is 5.53 Å². The van der Waals surface area contributed by atoms with Gasteiger partial charge in [0.15, 0.2) is 0 Å². The first-order valence-corrected chi connectivity index (χ1v) is 1.89. The maximum Gasteiger partial charge on any atom is 0.495 e. The Morgan fingerprint density at radius 2 is 2.10 bits per heavy atom. The molecule has 0 unspecified atom stereocenters. The van der Waals surface area contributed by atoms with Crippen molar-refractivity contribution in [2.75, 3.05) is 0 Å². The lowest BCUT2D eigenvalue weighted by atomic mass is 10.6. The summed E-state index contributed by atoms with van der Waals surface area (Å²) in [5, 5.41) is 2.20. The van der Waals surface area contributed by atoms with Crippen LogP contribution in [-0.2, 0) is 4.79 Å². The van der Waals surface area contributed by atoms with Gasteiger partial charge in [0.1, 0.15) is 0 Å². The van der Waals surface area contributed by atoms with E-state index < -0.39 is 12.1 Å². The van der Waals surface area contributed by atoms with Crippen LogP contribution in [0.3, 0.4) is 0 Å². The second kappa shape index (κ2) is 2.92. The second-order valence-corrected chi connectivity index (χ2v) is 1.13. The Morgan fingerprint density at radius 3 is 2.40 bits per heavy atom. The summed E-state index contributed by atoms with van der Waals surface area (Å²) in [4.78, 5) is 11.6. The van der Waals surface area contributed by atoms with Crippen molar-refractivity contribution in [3.05, 3.63) is 10.4 Å². The number of hydrogen-bond acceptors (Lipinski definition) is 2. The minimum absolute atomic E-state index is 0.917. The zero-order chi connectivity index (χ0) is 8.20. The summed E-state index contributed by atoms with van der Waals surface area (Å²) in [6.07, 6.45) is -5.01. The van der Waals surface area contributed by atoms with Crippen molar-refractivity contribution in [1.29, 1.82) is 0 Å². The van der Waals surface area contributed by atoms with Crippen LogP contribution in [0.5, 0.6) is 0 Å². The first kappa shape index (κ1) is 8.57. The quantitative estimate of drug-likeness (QED) is 0.259. The van der Waals surface area contributed by atoms with Gasteiger partial charge in [-0.25, -0.2) is 4.79 Å². The molecule has 0 aliphatic carbocycles. The predicted molar refractivity (Wildman–Crippen MR) is 23.3 cm³/mol. The van der Waals surface area contributed by atoms with Gasteiger partial charge in [-0.15, -0.1) is 5.53 Å². The van der Waals surface area contributed by atoms with E-state index in [-0.39, 0.29) is 0 Å². The average Bonchev–Trinajstić information content (AvgIpc) is 1.80. The van der Waals surface area contributed by atoms with Crippen molar-refractivity contribution in [3.8, 4) is 0 Å². The number of carbonyl (C=O) groups is 1. The highest BCUT2D eigenvalue weighted by molar-refractivity contribution is 5.81. The highest BCUT2D eigenvalue weighted by Crippen LogP contribution is 2.13. The van der Waals surface area contributed by atoms with E-state index in [9.17, 15) is 18.0 Å². The average molecular weight is 154 g/mol. The van der Waals surface area contributed by atoms with Crippen molar-refractivity contribution in [2.24, 2.45) is 5.22 Å². The topological polar surface area (TPSA) is 77.9 Å². The van der Waals surface area contributed by atoms with E-state index in [0.717, 1.165) is 5.43 Å². The lowest BCUT2D eigenvalue weighted by molar-refractivity contribution is -0.173. The van der Waals surface area contributed by atoms with Gasteiger partial charge in [-0.3, -0.25) is 0 Å². The lowest BCUT2D eigenvalue weighted by Crippen LogP contribution is -2.32. The maximum atomic E-state index is 11.2. The maximum absolute atomic E-state index is 11.2. The summed E-state index contributed by atoms with van der Waals surface area (Å²) >= 11 is 0. The Balaban J connectivity index is 3.98. The zero-order valence-electron chi connectivity index (χ0n) is 4.38. The van der Waals surface area contributed by atoms with Crippen molar-refractivity contribution in [1.82, 2.24) is 5.43 Å². The summed E-state index contributed by atoms with van der Waals surface area (Å²) in [6, 6.07) is 0. The molecule has 1 amide bonds. The molecular formula is C2HF3N4O. The highest BCUT2D eigenvalue weighted by atomic mass is 19.4. The fraction of sp³-hybridized carbons (Fsp3) is 0.500. The first-order valence-electron chi connectivity index (χ1n) is 1.89. The number of nitrogens with zero attached hydrogens (tertiary/aromatic N) is 3. The molecule has 0 bridgehead atoms. The van der Waals surface area contributed by atoms with Crippen LogP contribution in [0.1, 0.15) is 0 Å². The number of azide groups is 1. The Hall–Kier alpha value is -1.43. The minimum atomic E-state index is -5.01. The molecule has 0 aliphatic rings. The molecule has 0 saturated heterocycles. The first-order chi connectivity index (χ1) is 4.48. The third-order valence-corrected chi connectivity index (χ3v) is 0.454. The van der Waals surface area contributed by atoms with Gasteiger partial charge >= 0.3 is 12.1 Å². The summed E-state index contributed by atoms with van der Waals surface area (Å²) in [5.41, 5.74) is 8.37. The number of nitrogens with one attached hydrogen (secondary N) is 1. The van der Waals surface area contributed by atoms with E-state index >= 15 is 0 Å². The fourth-order valence-electron chi connectivity index (χ4n) is 0.131. The van der Waals surface area contributed by atoms with Gasteiger partial charge in [0, 0.05) is 0 Å². The van der Waals surface area contributed by atoms with Crippen LogP contribution in [-0.4, -0.2) is 12.1 Å². The Kier molecular flexibility index (Phi) is 2.51. The number of amides is 1. The summed E-state index contributed by atoms with van der Waals surface area (Å²) in [5.74, 6) is -2.29. The largest absolute Gasteiger partial charge is 0.495 e. The Morgan fingerprint density at radius 1 is 1.60 bits per heavy atom. The molecule has 0 rings (SSSR count). The molecule has 0 atom stereocenters. The van der Waals surface area contributed by atoms with E-state index in [0.29, 0.717) is 0 Å². The van der Waals surface area contributed by atoms with Gasteiger partial charge in [-0.1, -0.05) is 0 Å². The number of hydrogen-bond donors (Lipinski definition) is 1. The van der Waals surface area contributed by atoms with E-state index in [1.807, 2.05) is 4.91 Å². The van der Waals surface area contributed by atoms with Crippen molar-refractivity contribution < 1.29 is 18.0 Å². The van der Waals surface area contributed by atoms with Gasteiger partial charge < -0.3 is 0 Å². The van der Waals surface area contributed by atoms with Gasteiger partial charge in [0.2, 0.25) is 0 Å². The molecular weight excluding hydrogens is 153 g/mol. The monoisotopic (exact) mass is 154 g/mol. The number of rotatable bonds is 1. The third kappa shape index (κ3) is 2.78. The molecule has 0 heterocycles. The van der Waals surface area contributed by atoms with Gasteiger partial charge in [0.25, 0.3) is 0 Å². The lowest BCUT2D eigenvalue weighted by Gasteiger charge is -1.97. The summed E-state index contributed by atoms with van der Waals surface area (Å²) in [6.45, 7) is 0. The second-order valence-electron chi connectivity index (χ2n) is 1.13. The van der Waals surface area contributed by atoms with Gasteiger partial charge in [0.05, 0.1) is 0 Å². The standard InChI is InChI=1S/C2HF3N4O/c3-2(4,5)1(10)7-9-8-6/h(H,7,10). The van der Waals surface area contributed by atoms with Crippen LogP contribution in [0.2, 0.25) is 0 Å². The molecule has 5 nitrogen and oxygen atoms in total. The predicted octanol–water partition coefficient (Wildman–Crippen LogP) is 0.890. The third-order valence-electron chi connectivity index (χ3n) is 0.454. The van der Waals surface area contributed by atoms with Crippen molar-refractivity contribution >= 4 is 5.91 Å². The summed E-state index contributed by atoms with van der Waals surface area (Å²) < 4.78 is 33.5. The zero-order valence-corrected chi connectivity index (χ0v) is 4.38. The van der Waals surface area contributed by atoms with Gasteiger partial charge in [-0.2, -0.15) is 23.5 Å². The fourth-order valence-corrected chi connectivity index (χ4v) is 0.131. The molecule has 0 aliphatic heterocycles. The Bertz CT molecular complexity index is 179. The molecule has 0 aromatic heterocycles. The molecule has 1 N–H and O–H groups in total. The number of halogens is 3. The van der Waals surface area contributed by atoms with Gasteiger partial charge in [-0.05, 0) is 5.22 Å². The van der Waals surface area contributed by atoms with Crippen LogP contribution in [0, 0.1) is 0 Å². The molecule has 0 radical (unpaired) electrons. The molecule has 0 saturated carbocycles. The molecule has 0 aromatic rings. The Labute approximate surface area is 52.4 Å². The van der Waals surface area contributed by atoms with Crippen molar-refractivity contribution in [2.45, 2.75) is 6.18 Å². The van der Waals surface area contributed by atoms with E-state index in [2.05, 4.69) is 5.22 Å². The van der Waals surface area contributed by atoms with Crippen LogP contribution < -0.4 is 5.43 Å². The van der Waals surface area contributed by atoms with Crippen LogP contribution in [0.15, 0.2) is 5.22 Å².